The van der Waals surface area contributed by atoms with Crippen LogP contribution < -0.4 is 5.32 Å². The summed E-state index contributed by atoms with van der Waals surface area (Å²) < 4.78 is 14.9. The molecule has 94 valence electrons. The third-order valence-corrected chi connectivity index (χ3v) is 3.95. The standard InChI is InChI=1S/C13H9Br2ClFN/c14-9-2-4-11(15)13(5-9)18-7-8-1-3-10(17)6-12(8)16/h1-6,18H,7H2. The van der Waals surface area contributed by atoms with Crippen LogP contribution in [0, 0.1) is 5.82 Å². The minimum absolute atomic E-state index is 0.326. The number of rotatable bonds is 3. The molecule has 2 rings (SSSR count). The zero-order valence-electron chi connectivity index (χ0n) is 9.18. The van der Waals surface area contributed by atoms with Crippen LogP contribution >= 0.6 is 43.5 Å². The van der Waals surface area contributed by atoms with Gasteiger partial charge in [-0.1, -0.05) is 33.6 Å². The first-order valence-corrected chi connectivity index (χ1v) is 7.15. The molecule has 0 heterocycles. The highest BCUT2D eigenvalue weighted by molar-refractivity contribution is 9.11. The van der Waals surface area contributed by atoms with Gasteiger partial charge >= 0.3 is 0 Å². The Morgan fingerprint density at radius 1 is 1.11 bits per heavy atom. The zero-order valence-corrected chi connectivity index (χ0v) is 13.1. The molecule has 0 aromatic heterocycles. The highest BCUT2D eigenvalue weighted by Gasteiger charge is 2.04. The van der Waals surface area contributed by atoms with E-state index in [1.54, 1.807) is 6.07 Å². The van der Waals surface area contributed by atoms with E-state index in [0.29, 0.717) is 11.6 Å². The molecule has 1 nitrogen and oxygen atoms in total. The lowest BCUT2D eigenvalue weighted by molar-refractivity contribution is 0.627. The Bertz CT molecular complexity index is 575. The summed E-state index contributed by atoms with van der Waals surface area (Å²) in [6, 6.07) is 10.2. The molecular weight excluding hydrogens is 384 g/mol. The highest BCUT2D eigenvalue weighted by atomic mass is 79.9. The molecule has 0 saturated heterocycles. The van der Waals surface area contributed by atoms with Crippen LogP contribution in [0.15, 0.2) is 45.3 Å². The van der Waals surface area contributed by atoms with Crippen molar-refractivity contribution in [1.29, 1.82) is 0 Å². The van der Waals surface area contributed by atoms with Gasteiger partial charge < -0.3 is 5.32 Å². The van der Waals surface area contributed by atoms with Gasteiger partial charge in [0.1, 0.15) is 5.82 Å². The molecule has 0 aliphatic rings. The minimum atomic E-state index is -0.326. The van der Waals surface area contributed by atoms with Crippen LogP contribution in [0.1, 0.15) is 5.56 Å². The summed E-state index contributed by atoms with van der Waals surface area (Å²) in [5.74, 6) is -0.326. The maximum absolute atomic E-state index is 12.9. The van der Waals surface area contributed by atoms with E-state index in [-0.39, 0.29) is 5.82 Å². The summed E-state index contributed by atoms with van der Waals surface area (Å²) in [6.45, 7) is 0.536. The van der Waals surface area contributed by atoms with Crippen molar-refractivity contribution in [3.8, 4) is 0 Å². The molecule has 1 N–H and O–H groups in total. The van der Waals surface area contributed by atoms with Crippen molar-refractivity contribution in [2.75, 3.05) is 5.32 Å². The third kappa shape index (κ3) is 3.46. The quantitative estimate of drug-likeness (QED) is 0.714. The van der Waals surface area contributed by atoms with Gasteiger partial charge in [0, 0.05) is 26.2 Å². The number of hydrogen-bond donors (Lipinski definition) is 1. The van der Waals surface area contributed by atoms with Gasteiger partial charge in [-0.05, 0) is 51.8 Å². The summed E-state index contributed by atoms with van der Waals surface area (Å²) in [5.41, 5.74) is 1.80. The molecule has 0 atom stereocenters. The van der Waals surface area contributed by atoms with Crippen LogP contribution in [0.5, 0.6) is 0 Å². The second-order valence-corrected chi connectivity index (χ2v) is 5.89. The fraction of sp³-hybridized carbons (Fsp3) is 0.0769. The Balaban J connectivity index is 2.13. The Morgan fingerprint density at radius 2 is 1.89 bits per heavy atom. The van der Waals surface area contributed by atoms with Crippen LogP contribution in [0.2, 0.25) is 5.02 Å². The molecule has 0 fully saturated rings. The molecule has 0 aliphatic carbocycles. The molecule has 18 heavy (non-hydrogen) atoms. The van der Waals surface area contributed by atoms with Crippen LogP contribution in [0.25, 0.3) is 0 Å². The van der Waals surface area contributed by atoms with Gasteiger partial charge in [0.15, 0.2) is 0 Å². The van der Waals surface area contributed by atoms with E-state index in [0.717, 1.165) is 20.2 Å². The Labute approximate surface area is 127 Å². The van der Waals surface area contributed by atoms with Crippen molar-refractivity contribution >= 4 is 49.1 Å². The van der Waals surface area contributed by atoms with Gasteiger partial charge in [-0.15, -0.1) is 0 Å². The number of halogens is 4. The second kappa shape index (κ2) is 6.04. The van der Waals surface area contributed by atoms with Gasteiger partial charge in [0.25, 0.3) is 0 Å². The second-order valence-electron chi connectivity index (χ2n) is 3.71. The lowest BCUT2D eigenvalue weighted by atomic mass is 10.2. The zero-order chi connectivity index (χ0) is 13.1. The van der Waals surface area contributed by atoms with Gasteiger partial charge in [0.2, 0.25) is 0 Å². The fourth-order valence-corrected chi connectivity index (χ4v) is 2.47. The predicted octanol–water partition coefficient (Wildman–Crippen LogP) is 5.62. The lowest BCUT2D eigenvalue weighted by Gasteiger charge is -2.10. The summed E-state index contributed by atoms with van der Waals surface area (Å²) in [5, 5.41) is 3.67. The van der Waals surface area contributed by atoms with E-state index in [1.165, 1.54) is 12.1 Å². The summed E-state index contributed by atoms with van der Waals surface area (Å²) in [4.78, 5) is 0. The van der Waals surface area contributed by atoms with Crippen molar-refractivity contribution in [1.82, 2.24) is 0 Å². The van der Waals surface area contributed by atoms with Crippen molar-refractivity contribution in [2.24, 2.45) is 0 Å². The summed E-state index contributed by atoms with van der Waals surface area (Å²) in [6.07, 6.45) is 0. The van der Waals surface area contributed by atoms with E-state index in [1.807, 2.05) is 18.2 Å². The first-order valence-electron chi connectivity index (χ1n) is 5.19. The lowest BCUT2D eigenvalue weighted by Crippen LogP contribution is -2.01. The van der Waals surface area contributed by atoms with E-state index >= 15 is 0 Å². The largest absolute Gasteiger partial charge is 0.380 e. The average Bonchev–Trinajstić information content (AvgIpc) is 2.32. The number of nitrogens with one attached hydrogen (secondary N) is 1. The van der Waals surface area contributed by atoms with Crippen LogP contribution in [-0.2, 0) is 6.54 Å². The molecule has 0 bridgehead atoms. The molecule has 0 aliphatic heterocycles. The van der Waals surface area contributed by atoms with E-state index in [9.17, 15) is 4.39 Å². The molecule has 0 saturated carbocycles. The van der Waals surface area contributed by atoms with E-state index < -0.39 is 0 Å². The molecule has 5 heteroatoms. The van der Waals surface area contributed by atoms with Gasteiger partial charge in [-0.25, -0.2) is 4.39 Å². The fourth-order valence-electron chi connectivity index (χ4n) is 1.49. The smallest absolute Gasteiger partial charge is 0.124 e. The molecule has 0 amide bonds. The predicted molar refractivity (Wildman–Crippen MR) is 80.6 cm³/mol. The van der Waals surface area contributed by atoms with Gasteiger partial charge in [-0.2, -0.15) is 0 Å². The first kappa shape index (κ1) is 13.8. The monoisotopic (exact) mass is 391 g/mol. The Morgan fingerprint density at radius 3 is 2.61 bits per heavy atom. The first-order chi connectivity index (χ1) is 8.56. The van der Waals surface area contributed by atoms with E-state index in [4.69, 9.17) is 11.6 Å². The van der Waals surface area contributed by atoms with E-state index in [2.05, 4.69) is 37.2 Å². The molecule has 2 aromatic carbocycles. The van der Waals surface area contributed by atoms with Gasteiger partial charge in [0.05, 0.1) is 0 Å². The number of benzene rings is 2. The molecule has 0 unspecified atom stereocenters. The van der Waals surface area contributed by atoms with Crippen molar-refractivity contribution < 1.29 is 4.39 Å². The molecular formula is C13H9Br2ClFN. The number of anilines is 1. The maximum atomic E-state index is 12.9. The maximum Gasteiger partial charge on any atom is 0.124 e. The minimum Gasteiger partial charge on any atom is -0.380 e. The Kier molecular flexibility index (Phi) is 4.65. The topological polar surface area (TPSA) is 12.0 Å². The average molecular weight is 393 g/mol. The summed E-state index contributed by atoms with van der Waals surface area (Å²) >= 11 is 12.8. The van der Waals surface area contributed by atoms with Crippen LogP contribution in [-0.4, -0.2) is 0 Å². The number of hydrogen-bond acceptors (Lipinski definition) is 1. The van der Waals surface area contributed by atoms with Crippen molar-refractivity contribution in [2.45, 2.75) is 6.54 Å². The van der Waals surface area contributed by atoms with Crippen LogP contribution in [0.4, 0.5) is 10.1 Å². The van der Waals surface area contributed by atoms with Gasteiger partial charge in [-0.3, -0.25) is 0 Å². The van der Waals surface area contributed by atoms with Crippen molar-refractivity contribution in [3.63, 3.8) is 0 Å². The van der Waals surface area contributed by atoms with Crippen molar-refractivity contribution in [3.05, 3.63) is 61.7 Å². The molecule has 0 spiro atoms. The van der Waals surface area contributed by atoms with Crippen LogP contribution in [0.3, 0.4) is 0 Å². The highest BCUT2D eigenvalue weighted by Crippen LogP contribution is 2.27. The summed E-state index contributed by atoms with van der Waals surface area (Å²) in [7, 11) is 0. The Hall–Kier alpha value is -0.580. The molecule has 2 aromatic rings. The SMILES string of the molecule is Fc1ccc(CNc2cc(Br)ccc2Br)c(Cl)c1. The normalized spacial score (nSPS) is 10.4. The molecule has 0 radical (unpaired) electrons. The third-order valence-electron chi connectivity index (χ3n) is 2.41.